The van der Waals surface area contributed by atoms with Gasteiger partial charge >= 0.3 is 0 Å². The minimum atomic E-state index is 0.297. The molecule has 1 atom stereocenters. The molecular weight excluding hydrogens is 218 g/mol. The number of rotatable bonds is 4. The highest BCUT2D eigenvalue weighted by Crippen LogP contribution is 2.33. The number of thioether (sulfide) groups is 1. The molecule has 4 heteroatoms. The Morgan fingerprint density at radius 3 is 2.69 bits per heavy atom. The summed E-state index contributed by atoms with van der Waals surface area (Å²) in [7, 11) is 1.92. The van der Waals surface area contributed by atoms with Crippen molar-refractivity contribution < 1.29 is 0 Å². The van der Waals surface area contributed by atoms with Crippen LogP contribution in [0.15, 0.2) is 47.6 Å². The number of aryl methyl sites for hydroxylation is 1. The van der Waals surface area contributed by atoms with Crippen LogP contribution in [0.4, 0.5) is 0 Å². The van der Waals surface area contributed by atoms with Gasteiger partial charge in [0.2, 0.25) is 0 Å². The molecule has 1 unspecified atom stereocenters. The monoisotopic (exact) mass is 233 g/mol. The third kappa shape index (κ3) is 2.65. The zero-order chi connectivity index (χ0) is 11.4. The van der Waals surface area contributed by atoms with Crippen molar-refractivity contribution >= 4 is 11.8 Å². The Bertz CT molecular complexity index is 439. The van der Waals surface area contributed by atoms with Crippen LogP contribution in [-0.2, 0) is 7.05 Å². The van der Waals surface area contributed by atoms with E-state index < -0.39 is 0 Å². The predicted molar refractivity (Wildman–Crippen MR) is 67.3 cm³/mol. The molecule has 2 rings (SSSR count). The van der Waals surface area contributed by atoms with Crippen LogP contribution < -0.4 is 5.73 Å². The Kier molecular flexibility index (Phi) is 3.64. The molecule has 0 aliphatic rings. The SMILES string of the molecule is Cn1cc(SC(CN)c2ccccc2)cn1. The minimum absolute atomic E-state index is 0.297. The standard InChI is InChI=1S/C12H15N3S/c1-15-9-11(8-14-15)16-12(7-13)10-5-3-2-4-6-10/h2-6,8-9,12H,7,13H2,1H3. The van der Waals surface area contributed by atoms with Crippen molar-refractivity contribution in [3.05, 3.63) is 48.3 Å². The second kappa shape index (κ2) is 5.18. The van der Waals surface area contributed by atoms with Crippen molar-refractivity contribution in [2.45, 2.75) is 10.1 Å². The van der Waals surface area contributed by atoms with Gasteiger partial charge < -0.3 is 5.73 Å². The molecule has 2 N–H and O–H groups in total. The molecule has 1 heterocycles. The Balaban J connectivity index is 2.12. The number of aromatic nitrogens is 2. The maximum absolute atomic E-state index is 5.81. The number of hydrogen-bond donors (Lipinski definition) is 1. The lowest BCUT2D eigenvalue weighted by molar-refractivity contribution is 0.766. The van der Waals surface area contributed by atoms with Crippen LogP contribution in [0.1, 0.15) is 10.8 Å². The minimum Gasteiger partial charge on any atom is -0.329 e. The summed E-state index contributed by atoms with van der Waals surface area (Å²) in [5, 5.41) is 4.45. The smallest absolute Gasteiger partial charge is 0.0626 e. The van der Waals surface area contributed by atoms with Crippen molar-refractivity contribution in [1.82, 2.24) is 9.78 Å². The van der Waals surface area contributed by atoms with Crippen LogP contribution in [0.2, 0.25) is 0 Å². The molecule has 1 aromatic carbocycles. The van der Waals surface area contributed by atoms with Gasteiger partial charge in [0.05, 0.1) is 6.20 Å². The van der Waals surface area contributed by atoms with Gasteiger partial charge in [0, 0.05) is 29.9 Å². The summed E-state index contributed by atoms with van der Waals surface area (Å²) in [6.07, 6.45) is 3.88. The van der Waals surface area contributed by atoms with E-state index in [1.165, 1.54) is 5.56 Å². The van der Waals surface area contributed by atoms with Gasteiger partial charge in [0.25, 0.3) is 0 Å². The van der Waals surface area contributed by atoms with Crippen LogP contribution in [-0.4, -0.2) is 16.3 Å². The molecule has 0 amide bonds. The van der Waals surface area contributed by atoms with E-state index in [1.54, 1.807) is 16.4 Å². The van der Waals surface area contributed by atoms with Crippen LogP contribution in [0.5, 0.6) is 0 Å². The average Bonchev–Trinajstić information content (AvgIpc) is 2.73. The first-order valence-electron chi connectivity index (χ1n) is 5.20. The third-order valence-corrected chi connectivity index (χ3v) is 3.58. The van der Waals surface area contributed by atoms with E-state index in [9.17, 15) is 0 Å². The van der Waals surface area contributed by atoms with E-state index >= 15 is 0 Å². The number of nitrogens with zero attached hydrogens (tertiary/aromatic N) is 2. The van der Waals surface area contributed by atoms with E-state index in [-0.39, 0.29) is 0 Å². The van der Waals surface area contributed by atoms with Gasteiger partial charge in [-0.2, -0.15) is 5.10 Å². The highest BCUT2D eigenvalue weighted by atomic mass is 32.2. The molecule has 0 saturated heterocycles. The molecule has 0 aliphatic carbocycles. The van der Waals surface area contributed by atoms with Gasteiger partial charge in [0.15, 0.2) is 0 Å². The molecular formula is C12H15N3S. The van der Waals surface area contributed by atoms with E-state index in [0.717, 1.165) is 4.90 Å². The summed E-state index contributed by atoms with van der Waals surface area (Å²) in [5.41, 5.74) is 7.07. The Morgan fingerprint density at radius 1 is 1.38 bits per heavy atom. The highest BCUT2D eigenvalue weighted by molar-refractivity contribution is 7.99. The molecule has 3 nitrogen and oxygen atoms in total. The molecule has 0 fully saturated rings. The van der Waals surface area contributed by atoms with E-state index in [2.05, 4.69) is 17.2 Å². The first-order valence-corrected chi connectivity index (χ1v) is 6.08. The lowest BCUT2D eigenvalue weighted by Gasteiger charge is -2.13. The lowest BCUT2D eigenvalue weighted by atomic mass is 10.1. The third-order valence-electron chi connectivity index (χ3n) is 2.34. The lowest BCUT2D eigenvalue weighted by Crippen LogP contribution is -2.08. The second-order valence-electron chi connectivity index (χ2n) is 3.60. The average molecular weight is 233 g/mol. The summed E-state index contributed by atoms with van der Waals surface area (Å²) < 4.78 is 1.81. The van der Waals surface area contributed by atoms with Crippen molar-refractivity contribution in [1.29, 1.82) is 0 Å². The van der Waals surface area contributed by atoms with Gasteiger partial charge in [-0.15, -0.1) is 11.8 Å². The predicted octanol–water partition coefficient (Wildman–Crippen LogP) is 2.21. The fraction of sp³-hybridized carbons (Fsp3) is 0.250. The summed E-state index contributed by atoms with van der Waals surface area (Å²) in [4.78, 5) is 1.15. The first kappa shape index (κ1) is 11.2. The zero-order valence-corrected chi connectivity index (χ0v) is 10.0. The Hall–Kier alpha value is -1.26. The molecule has 84 valence electrons. The van der Waals surface area contributed by atoms with Gasteiger partial charge in [-0.25, -0.2) is 0 Å². The maximum atomic E-state index is 5.81. The summed E-state index contributed by atoms with van der Waals surface area (Å²) in [6, 6.07) is 10.3. The number of hydrogen-bond acceptors (Lipinski definition) is 3. The van der Waals surface area contributed by atoms with E-state index in [0.29, 0.717) is 11.8 Å². The van der Waals surface area contributed by atoms with Gasteiger partial charge in [0.1, 0.15) is 0 Å². The first-order chi connectivity index (χ1) is 7.79. The van der Waals surface area contributed by atoms with Crippen LogP contribution in [0.25, 0.3) is 0 Å². The molecule has 16 heavy (non-hydrogen) atoms. The molecule has 1 aromatic heterocycles. The molecule has 0 bridgehead atoms. The van der Waals surface area contributed by atoms with Crippen LogP contribution in [0, 0.1) is 0 Å². The molecule has 2 aromatic rings. The van der Waals surface area contributed by atoms with Gasteiger partial charge in [-0.05, 0) is 5.56 Å². The second-order valence-corrected chi connectivity index (χ2v) is 4.88. The maximum Gasteiger partial charge on any atom is 0.0626 e. The number of benzene rings is 1. The van der Waals surface area contributed by atoms with Crippen molar-refractivity contribution in [2.75, 3.05) is 6.54 Å². The summed E-state index contributed by atoms with van der Waals surface area (Å²) in [6.45, 7) is 0.629. The van der Waals surface area contributed by atoms with Crippen LogP contribution >= 0.6 is 11.8 Å². The fourth-order valence-corrected chi connectivity index (χ4v) is 2.58. The van der Waals surface area contributed by atoms with Gasteiger partial charge in [-0.3, -0.25) is 4.68 Å². The van der Waals surface area contributed by atoms with Crippen molar-refractivity contribution in [3.63, 3.8) is 0 Å². The van der Waals surface area contributed by atoms with E-state index in [1.807, 2.05) is 37.6 Å². The largest absolute Gasteiger partial charge is 0.329 e. The quantitative estimate of drug-likeness (QED) is 0.823. The summed E-state index contributed by atoms with van der Waals surface area (Å²) in [5.74, 6) is 0. The van der Waals surface area contributed by atoms with Gasteiger partial charge in [-0.1, -0.05) is 30.3 Å². The number of nitrogens with two attached hydrogens (primary N) is 1. The fourth-order valence-electron chi connectivity index (χ4n) is 1.54. The van der Waals surface area contributed by atoms with Crippen molar-refractivity contribution in [2.24, 2.45) is 12.8 Å². The molecule has 0 aliphatic heterocycles. The molecule has 0 radical (unpaired) electrons. The van der Waals surface area contributed by atoms with E-state index in [4.69, 9.17) is 5.73 Å². The topological polar surface area (TPSA) is 43.8 Å². The molecule has 0 spiro atoms. The molecule has 0 saturated carbocycles. The van der Waals surface area contributed by atoms with Crippen LogP contribution in [0.3, 0.4) is 0 Å². The zero-order valence-electron chi connectivity index (χ0n) is 9.21. The van der Waals surface area contributed by atoms with Crippen molar-refractivity contribution in [3.8, 4) is 0 Å². The Morgan fingerprint density at radius 2 is 2.12 bits per heavy atom. The Labute approximate surface area is 99.7 Å². The highest BCUT2D eigenvalue weighted by Gasteiger charge is 2.11. The summed E-state index contributed by atoms with van der Waals surface area (Å²) >= 11 is 1.75. The normalized spacial score (nSPS) is 12.6.